The van der Waals surface area contributed by atoms with Crippen molar-refractivity contribution in [2.45, 2.75) is 38.6 Å². The minimum Gasteiger partial charge on any atom is -0.342 e. The van der Waals surface area contributed by atoms with Crippen molar-refractivity contribution in [2.24, 2.45) is 11.8 Å². The number of hydrogen-bond donors (Lipinski definition) is 1. The van der Waals surface area contributed by atoms with Gasteiger partial charge >= 0.3 is 0 Å². The maximum absolute atomic E-state index is 12.7. The average molecular weight is 316 g/mol. The molecule has 2 atom stereocenters. The normalized spacial score (nSPS) is 29.8. The van der Waals surface area contributed by atoms with E-state index in [-0.39, 0.29) is 42.1 Å². The van der Waals surface area contributed by atoms with Gasteiger partial charge in [0.1, 0.15) is 0 Å². The van der Waals surface area contributed by atoms with Crippen LogP contribution in [0.15, 0.2) is 0 Å². The Morgan fingerprint density at radius 2 is 1.81 bits per heavy atom. The lowest BCUT2D eigenvalue weighted by atomic mass is 9.95. The molecule has 0 bridgehead atoms. The van der Waals surface area contributed by atoms with E-state index in [0.29, 0.717) is 6.54 Å². The zero-order chi connectivity index (χ0) is 14.1. The Morgan fingerprint density at radius 1 is 1.05 bits per heavy atom. The second-order valence-corrected chi connectivity index (χ2v) is 6.48. The topological polar surface area (TPSA) is 52.7 Å². The van der Waals surface area contributed by atoms with E-state index < -0.39 is 0 Å². The summed E-state index contributed by atoms with van der Waals surface area (Å²) >= 11 is 0. The van der Waals surface area contributed by atoms with Gasteiger partial charge in [-0.1, -0.05) is 0 Å². The van der Waals surface area contributed by atoms with Crippen LogP contribution >= 0.6 is 12.4 Å². The number of nitrogens with zero attached hydrogens (tertiary/aromatic N) is 2. The molecule has 21 heavy (non-hydrogen) atoms. The molecule has 0 radical (unpaired) electrons. The van der Waals surface area contributed by atoms with Gasteiger partial charge in [0.05, 0.1) is 5.92 Å². The Balaban J connectivity index is 0.00000161. The largest absolute Gasteiger partial charge is 0.342 e. The van der Waals surface area contributed by atoms with Crippen LogP contribution < -0.4 is 5.32 Å². The molecule has 1 saturated carbocycles. The molecule has 2 heterocycles. The maximum atomic E-state index is 12.7. The van der Waals surface area contributed by atoms with E-state index in [4.69, 9.17) is 0 Å². The van der Waals surface area contributed by atoms with E-state index in [9.17, 15) is 9.59 Å². The van der Waals surface area contributed by atoms with Gasteiger partial charge in [-0.3, -0.25) is 9.59 Å². The fourth-order valence-corrected chi connectivity index (χ4v) is 3.37. The first kappa shape index (κ1) is 16.6. The molecule has 1 aliphatic carbocycles. The van der Waals surface area contributed by atoms with Gasteiger partial charge in [0, 0.05) is 44.7 Å². The number of hydrogen-bond acceptors (Lipinski definition) is 3. The molecule has 3 fully saturated rings. The van der Waals surface area contributed by atoms with Gasteiger partial charge in [0.2, 0.25) is 11.8 Å². The fourth-order valence-electron chi connectivity index (χ4n) is 3.37. The Labute approximate surface area is 132 Å². The lowest BCUT2D eigenvalue weighted by Crippen LogP contribution is -2.56. The summed E-state index contributed by atoms with van der Waals surface area (Å²) in [5.41, 5.74) is 0. The summed E-state index contributed by atoms with van der Waals surface area (Å²) in [6.07, 6.45) is 3.99. The minimum atomic E-state index is 0. The molecule has 1 N–H and O–H groups in total. The summed E-state index contributed by atoms with van der Waals surface area (Å²) < 4.78 is 0. The van der Waals surface area contributed by atoms with Crippen molar-refractivity contribution in [2.75, 3.05) is 32.7 Å². The lowest BCUT2D eigenvalue weighted by Gasteiger charge is -2.39. The minimum absolute atomic E-state index is 0. The summed E-state index contributed by atoms with van der Waals surface area (Å²) in [6.45, 7) is 6.14. The molecular formula is C15H26ClN3O2. The van der Waals surface area contributed by atoms with E-state index in [2.05, 4.69) is 12.2 Å². The summed E-state index contributed by atoms with van der Waals surface area (Å²) in [4.78, 5) is 28.8. The summed E-state index contributed by atoms with van der Waals surface area (Å²) in [7, 11) is 0. The first-order valence-electron chi connectivity index (χ1n) is 7.97. The van der Waals surface area contributed by atoms with Crippen LogP contribution in [0.2, 0.25) is 0 Å². The monoisotopic (exact) mass is 315 g/mol. The third-order valence-corrected chi connectivity index (χ3v) is 4.79. The second-order valence-electron chi connectivity index (χ2n) is 6.48. The average Bonchev–Trinajstić information content (AvgIpc) is 3.31. The second kappa shape index (κ2) is 6.97. The number of carbonyl (C=O) groups is 2. The predicted octanol–water partition coefficient (Wildman–Crippen LogP) is 0.877. The number of rotatable bonds is 2. The maximum Gasteiger partial charge on any atom is 0.227 e. The standard InChI is InChI=1S/C15H25N3O2.ClH/c1-11-9-16-6-8-18(11)15(20)13-3-2-7-17(10-13)14(19)12-4-5-12;/h11-13,16H,2-10H2,1H3;1H. The van der Waals surface area contributed by atoms with Gasteiger partial charge in [-0.2, -0.15) is 0 Å². The molecule has 0 aromatic heterocycles. The van der Waals surface area contributed by atoms with E-state index in [1.54, 1.807) is 0 Å². The lowest BCUT2D eigenvalue weighted by molar-refractivity contribution is -0.143. The first-order chi connectivity index (χ1) is 9.66. The van der Waals surface area contributed by atoms with Crippen LogP contribution in [0, 0.1) is 11.8 Å². The van der Waals surface area contributed by atoms with Crippen molar-refractivity contribution in [1.29, 1.82) is 0 Å². The van der Waals surface area contributed by atoms with Gasteiger partial charge in [-0.25, -0.2) is 0 Å². The summed E-state index contributed by atoms with van der Waals surface area (Å²) in [5.74, 6) is 0.831. The molecule has 0 aromatic rings. The van der Waals surface area contributed by atoms with Crippen LogP contribution in [0.4, 0.5) is 0 Å². The zero-order valence-corrected chi connectivity index (χ0v) is 13.5. The molecule has 2 amide bonds. The fraction of sp³-hybridized carbons (Fsp3) is 0.867. The Hall–Kier alpha value is -0.810. The molecule has 3 aliphatic rings. The number of piperazine rings is 1. The Morgan fingerprint density at radius 3 is 2.48 bits per heavy atom. The molecular weight excluding hydrogens is 290 g/mol. The van der Waals surface area contributed by atoms with Gasteiger partial charge in [-0.05, 0) is 32.6 Å². The highest BCUT2D eigenvalue weighted by atomic mass is 35.5. The van der Waals surface area contributed by atoms with Crippen molar-refractivity contribution >= 4 is 24.2 Å². The van der Waals surface area contributed by atoms with Crippen molar-refractivity contribution < 1.29 is 9.59 Å². The number of nitrogens with one attached hydrogen (secondary N) is 1. The Bertz CT molecular complexity index is 400. The summed E-state index contributed by atoms with van der Waals surface area (Å²) in [6, 6.07) is 0.269. The summed E-state index contributed by atoms with van der Waals surface area (Å²) in [5, 5.41) is 3.31. The number of halogens is 1. The molecule has 2 saturated heterocycles. The van der Waals surface area contributed by atoms with Crippen molar-refractivity contribution in [3.63, 3.8) is 0 Å². The number of piperidine rings is 1. The smallest absolute Gasteiger partial charge is 0.227 e. The molecule has 6 heteroatoms. The van der Waals surface area contributed by atoms with Gasteiger partial charge in [0.15, 0.2) is 0 Å². The quantitative estimate of drug-likeness (QED) is 0.823. The molecule has 0 spiro atoms. The van der Waals surface area contributed by atoms with Crippen LogP contribution in [-0.4, -0.2) is 60.4 Å². The third kappa shape index (κ3) is 3.69. The molecule has 5 nitrogen and oxygen atoms in total. The molecule has 3 rings (SSSR count). The van der Waals surface area contributed by atoms with Crippen molar-refractivity contribution in [3.8, 4) is 0 Å². The molecule has 2 unspecified atom stereocenters. The SMILES string of the molecule is CC1CNCCN1C(=O)C1CCCN(C(=O)C2CC2)C1.Cl. The highest BCUT2D eigenvalue weighted by Crippen LogP contribution is 2.32. The number of likely N-dealkylation sites (tertiary alicyclic amines) is 1. The number of carbonyl (C=O) groups excluding carboxylic acids is 2. The highest BCUT2D eigenvalue weighted by Gasteiger charge is 2.38. The highest BCUT2D eigenvalue weighted by molar-refractivity contribution is 5.85. The molecule has 0 aromatic carbocycles. The van der Waals surface area contributed by atoms with Crippen LogP contribution in [0.3, 0.4) is 0 Å². The Kier molecular flexibility index (Phi) is 5.49. The van der Waals surface area contributed by atoms with E-state index in [1.165, 1.54) is 0 Å². The van der Waals surface area contributed by atoms with Crippen LogP contribution in [0.1, 0.15) is 32.6 Å². The van der Waals surface area contributed by atoms with Crippen molar-refractivity contribution in [3.05, 3.63) is 0 Å². The molecule has 120 valence electrons. The van der Waals surface area contributed by atoms with Crippen molar-refractivity contribution in [1.82, 2.24) is 15.1 Å². The zero-order valence-electron chi connectivity index (χ0n) is 12.7. The van der Waals surface area contributed by atoms with Gasteiger partial charge in [-0.15, -0.1) is 12.4 Å². The third-order valence-electron chi connectivity index (χ3n) is 4.79. The van der Waals surface area contributed by atoms with Crippen LogP contribution in [-0.2, 0) is 9.59 Å². The van der Waals surface area contributed by atoms with Gasteiger partial charge in [0.25, 0.3) is 0 Å². The van der Waals surface area contributed by atoms with Crippen LogP contribution in [0.25, 0.3) is 0 Å². The number of amides is 2. The molecule has 2 aliphatic heterocycles. The van der Waals surface area contributed by atoms with E-state index in [1.807, 2.05) is 9.80 Å². The predicted molar refractivity (Wildman–Crippen MR) is 83.3 cm³/mol. The van der Waals surface area contributed by atoms with E-state index >= 15 is 0 Å². The van der Waals surface area contributed by atoms with Gasteiger partial charge < -0.3 is 15.1 Å². The van der Waals surface area contributed by atoms with E-state index in [0.717, 1.165) is 51.9 Å². The first-order valence-corrected chi connectivity index (χ1v) is 7.97. The van der Waals surface area contributed by atoms with Crippen LogP contribution in [0.5, 0.6) is 0 Å².